The van der Waals surface area contributed by atoms with Gasteiger partial charge in [0.15, 0.2) is 0 Å². The molecule has 0 bridgehead atoms. The number of hydrogen-bond acceptors (Lipinski definition) is 3. The fraction of sp³-hybridized carbons (Fsp3) is 0.889. The Kier molecular flexibility index (Phi) is 2.03. The Morgan fingerprint density at radius 2 is 2.33 bits per heavy atom. The van der Waals surface area contributed by atoms with Gasteiger partial charge < -0.3 is 9.47 Å². The lowest BCUT2D eigenvalue weighted by atomic mass is 9.86. The summed E-state index contributed by atoms with van der Waals surface area (Å²) < 4.78 is 11.0. The highest BCUT2D eigenvalue weighted by Crippen LogP contribution is 2.35. The monoisotopic (exact) mass is 167 g/mol. The van der Waals surface area contributed by atoms with Gasteiger partial charge in [0.1, 0.15) is 0 Å². The minimum absolute atomic E-state index is 0.0986. The van der Waals surface area contributed by atoms with Gasteiger partial charge in [-0.3, -0.25) is 0 Å². The average molecular weight is 167 g/mol. The van der Waals surface area contributed by atoms with E-state index in [1.807, 2.05) is 0 Å². The van der Waals surface area contributed by atoms with E-state index in [0.29, 0.717) is 6.61 Å². The quantitative estimate of drug-likeness (QED) is 0.542. The molecule has 0 aromatic heterocycles. The molecule has 2 aliphatic heterocycles. The number of nitrogens with zero attached hydrogens (tertiary/aromatic N) is 1. The minimum atomic E-state index is -0.0986. The fourth-order valence-corrected chi connectivity index (χ4v) is 2.00. The highest BCUT2D eigenvalue weighted by Gasteiger charge is 2.40. The summed E-state index contributed by atoms with van der Waals surface area (Å²) in [6.45, 7) is 2.20. The summed E-state index contributed by atoms with van der Waals surface area (Å²) in [5.74, 6) is 0.181. The lowest BCUT2D eigenvalue weighted by molar-refractivity contribution is -0.0899. The van der Waals surface area contributed by atoms with Crippen molar-refractivity contribution in [3.8, 4) is 6.07 Å². The van der Waals surface area contributed by atoms with E-state index in [9.17, 15) is 0 Å². The van der Waals surface area contributed by atoms with E-state index in [2.05, 4.69) is 6.07 Å². The molecule has 1 spiro atoms. The predicted octanol–water partition coefficient (Wildman–Crippen LogP) is 1.10. The molecule has 2 heterocycles. The van der Waals surface area contributed by atoms with Crippen molar-refractivity contribution in [2.75, 3.05) is 19.8 Å². The molecular weight excluding hydrogens is 154 g/mol. The zero-order valence-electron chi connectivity index (χ0n) is 7.08. The Morgan fingerprint density at radius 3 is 3.00 bits per heavy atom. The summed E-state index contributed by atoms with van der Waals surface area (Å²) >= 11 is 0. The van der Waals surface area contributed by atoms with Crippen LogP contribution >= 0.6 is 0 Å². The average Bonchev–Trinajstić information content (AvgIpc) is 2.53. The Morgan fingerprint density at radius 1 is 1.42 bits per heavy atom. The zero-order valence-corrected chi connectivity index (χ0v) is 7.08. The van der Waals surface area contributed by atoms with Crippen molar-refractivity contribution in [1.82, 2.24) is 0 Å². The first kappa shape index (κ1) is 8.03. The molecule has 3 heteroatoms. The smallest absolute Gasteiger partial charge is 0.0949 e. The van der Waals surface area contributed by atoms with Crippen LogP contribution in [0.15, 0.2) is 0 Å². The van der Waals surface area contributed by atoms with Crippen LogP contribution < -0.4 is 0 Å². The zero-order chi connectivity index (χ0) is 8.44. The first-order chi connectivity index (χ1) is 5.85. The number of ether oxygens (including phenoxy) is 2. The molecule has 66 valence electrons. The molecule has 2 rings (SSSR count). The van der Waals surface area contributed by atoms with Crippen molar-refractivity contribution in [3.63, 3.8) is 0 Å². The van der Waals surface area contributed by atoms with Crippen molar-refractivity contribution in [2.45, 2.75) is 24.9 Å². The van der Waals surface area contributed by atoms with Crippen LogP contribution in [0, 0.1) is 17.2 Å². The van der Waals surface area contributed by atoms with Crippen molar-refractivity contribution in [3.05, 3.63) is 0 Å². The van der Waals surface area contributed by atoms with Crippen LogP contribution in [-0.4, -0.2) is 25.4 Å². The number of nitriles is 1. The van der Waals surface area contributed by atoms with Gasteiger partial charge in [-0.1, -0.05) is 0 Å². The Labute approximate surface area is 72.3 Å². The van der Waals surface area contributed by atoms with Gasteiger partial charge >= 0.3 is 0 Å². The summed E-state index contributed by atoms with van der Waals surface area (Å²) in [5.41, 5.74) is -0.0986. The molecule has 0 aromatic rings. The molecule has 2 atom stereocenters. The molecule has 0 aromatic carbocycles. The van der Waals surface area contributed by atoms with Crippen molar-refractivity contribution in [1.29, 1.82) is 5.26 Å². The second-order valence-corrected chi connectivity index (χ2v) is 3.65. The third kappa shape index (κ3) is 1.33. The first-order valence-corrected chi connectivity index (χ1v) is 4.46. The largest absolute Gasteiger partial charge is 0.378 e. The van der Waals surface area contributed by atoms with Crippen LogP contribution in [0.4, 0.5) is 0 Å². The Hall–Kier alpha value is -0.590. The predicted molar refractivity (Wildman–Crippen MR) is 42.5 cm³/mol. The number of hydrogen-bond donors (Lipinski definition) is 0. The second-order valence-electron chi connectivity index (χ2n) is 3.65. The molecule has 0 amide bonds. The van der Waals surface area contributed by atoms with E-state index in [1.54, 1.807) is 0 Å². The topological polar surface area (TPSA) is 42.2 Å². The maximum atomic E-state index is 8.79. The van der Waals surface area contributed by atoms with Gasteiger partial charge in [0.05, 0.1) is 24.2 Å². The standard InChI is InChI=1S/C9H13NO2/c10-6-8-1-3-12-9(5-8)2-4-11-7-9/h8H,1-5,7H2. The van der Waals surface area contributed by atoms with E-state index in [1.165, 1.54) is 0 Å². The van der Waals surface area contributed by atoms with Crippen molar-refractivity contribution >= 4 is 0 Å². The van der Waals surface area contributed by atoms with Gasteiger partial charge in [-0.05, 0) is 12.8 Å². The van der Waals surface area contributed by atoms with E-state index in [0.717, 1.165) is 32.5 Å². The van der Waals surface area contributed by atoms with Gasteiger partial charge in [0.2, 0.25) is 0 Å². The molecule has 0 saturated carbocycles. The third-order valence-corrected chi connectivity index (χ3v) is 2.74. The lowest BCUT2D eigenvalue weighted by Crippen LogP contribution is -2.39. The van der Waals surface area contributed by atoms with Crippen molar-refractivity contribution < 1.29 is 9.47 Å². The van der Waals surface area contributed by atoms with Crippen LogP contribution in [0.1, 0.15) is 19.3 Å². The maximum Gasteiger partial charge on any atom is 0.0949 e. The Bertz CT molecular complexity index is 203. The molecule has 0 N–H and O–H groups in total. The normalized spacial score (nSPS) is 41.4. The van der Waals surface area contributed by atoms with E-state index < -0.39 is 0 Å². The van der Waals surface area contributed by atoms with Crippen LogP contribution in [0.25, 0.3) is 0 Å². The molecule has 2 aliphatic rings. The third-order valence-electron chi connectivity index (χ3n) is 2.74. The number of rotatable bonds is 0. The van der Waals surface area contributed by atoms with Crippen molar-refractivity contribution in [2.24, 2.45) is 5.92 Å². The summed E-state index contributed by atoms with van der Waals surface area (Å²) in [5, 5.41) is 8.79. The van der Waals surface area contributed by atoms with Gasteiger partial charge in [-0.2, -0.15) is 5.26 Å². The molecule has 0 radical (unpaired) electrons. The summed E-state index contributed by atoms with van der Waals surface area (Å²) in [7, 11) is 0. The molecular formula is C9H13NO2. The minimum Gasteiger partial charge on any atom is -0.378 e. The molecule has 0 aliphatic carbocycles. The van der Waals surface area contributed by atoms with Gasteiger partial charge in [0.25, 0.3) is 0 Å². The molecule has 12 heavy (non-hydrogen) atoms. The van der Waals surface area contributed by atoms with Gasteiger partial charge in [-0.25, -0.2) is 0 Å². The van der Waals surface area contributed by atoms with Crippen LogP contribution in [0.2, 0.25) is 0 Å². The van der Waals surface area contributed by atoms with Crippen LogP contribution in [-0.2, 0) is 9.47 Å². The fourth-order valence-electron chi connectivity index (χ4n) is 2.00. The molecule has 3 nitrogen and oxygen atoms in total. The highest BCUT2D eigenvalue weighted by molar-refractivity contribution is 4.96. The SMILES string of the molecule is N#CC1CCOC2(CCOC2)C1. The second kappa shape index (κ2) is 3.04. The maximum absolute atomic E-state index is 8.79. The van der Waals surface area contributed by atoms with Crippen LogP contribution in [0.3, 0.4) is 0 Å². The molecule has 2 fully saturated rings. The first-order valence-electron chi connectivity index (χ1n) is 4.46. The Balaban J connectivity index is 2.02. The van der Waals surface area contributed by atoms with E-state index in [4.69, 9.17) is 14.7 Å². The summed E-state index contributed by atoms with van der Waals surface area (Å²) in [6.07, 6.45) is 2.72. The van der Waals surface area contributed by atoms with E-state index in [-0.39, 0.29) is 11.5 Å². The molecule has 2 unspecified atom stereocenters. The molecule has 2 saturated heterocycles. The van der Waals surface area contributed by atoms with E-state index >= 15 is 0 Å². The van der Waals surface area contributed by atoms with Crippen LogP contribution in [0.5, 0.6) is 0 Å². The lowest BCUT2D eigenvalue weighted by Gasteiger charge is -2.34. The summed E-state index contributed by atoms with van der Waals surface area (Å²) in [6, 6.07) is 2.32. The summed E-state index contributed by atoms with van der Waals surface area (Å²) in [4.78, 5) is 0. The highest BCUT2D eigenvalue weighted by atomic mass is 16.6. The van der Waals surface area contributed by atoms with Gasteiger partial charge in [0, 0.05) is 19.6 Å². The van der Waals surface area contributed by atoms with Gasteiger partial charge in [-0.15, -0.1) is 0 Å².